The Morgan fingerprint density at radius 2 is 1.82 bits per heavy atom. The summed E-state index contributed by atoms with van der Waals surface area (Å²) in [6.45, 7) is 9.70. The molecule has 0 radical (unpaired) electrons. The predicted octanol–water partition coefficient (Wildman–Crippen LogP) is 5.29. The summed E-state index contributed by atoms with van der Waals surface area (Å²) in [6.07, 6.45) is 3.16. The van der Waals surface area contributed by atoms with Gasteiger partial charge in [0.05, 0.1) is 27.0 Å². The van der Waals surface area contributed by atoms with Crippen LogP contribution in [0.1, 0.15) is 51.9 Å². The average molecular weight is 388 g/mol. The van der Waals surface area contributed by atoms with Crippen molar-refractivity contribution in [3.05, 3.63) is 47.9 Å². The second kappa shape index (κ2) is 9.67. The second-order valence-corrected chi connectivity index (χ2v) is 8.59. The number of amides is 1. The molecule has 0 aliphatic heterocycles. The Hall–Kier alpha value is -2.43. The highest BCUT2D eigenvalue weighted by atomic mass is 16.5. The van der Waals surface area contributed by atoms with Crippen LogP contribution in [0, 0.1) is 11.3 Å². The van der Waals surface area contributed by atoms with Gasteiger partial charge >= 0.3 is 0 Å². The molecule has 1 unspecified atom stereocenters. The molecule has 2 aromatic rings. The first-order valence-corrected chi connectivity index (χ1v) is 9.73. The molecule has 0 saturated carbocycles. The van der Waals surface area contributed by atoms with Crippen LogP contribution in [0.5, 0.6) is 11.5 Å². The van der Waals surface area contributed by atoms with Gasteiger partial charge in [0.2, 0.25) is 5.91 Å². The summed E-state index contributed by atoms with van der Waals surface area (Å²) in [7, 11) is 3.22. The molecule has 0 aliphatic rings. The number of ether oxygens (including phenoxy) is 2. The summed E-state index contributed by atoms with van der Waals surface area (Å²) < 4.78 is 16.2. The monoisotopic (exact) mass is 387 g/mol. The Balaban J connectivity index is 2.16. The summed E-state index contributed by atoms with van der Waals surface area (Å²) in [5.74, 6) is 2.55. The largest absolute Gasteiger partial charge is 0.493 e. The normalized spacial score (nSPS) is 12.5. The van der Waals surface area contributed by atoms with E-state index in [0.717, 1.165) is 17.7 Å². The minimum atomic E-state index is 0.128. The van der Waals surface area contributed by atoms with E-state index in [9.17, 15) is 4.79 Å². The van der Waals surface area contributed by atoms with Crippen LogP contribution in [0.15, 0.2) is 41.0 Å². The minimum absolute atomic E-state index is 0.128. The average Bonchev–Trinajstić information content (AvgIpc) is 3.12. The van der Waals surface area contributed by atoms with E-state index in [0.29, 0.717) is 36.9 Å². The van der Waals surface area contributed by atoms with Crippen LogP contribution in [0.4, 0.5) is 0 Å². The zero-order chi connectivity index (χ0) is 20.7. The number of rotatable bonds is 9. The van der Waals surface area contributed by atoms with Gasteiger partial charge in [-0.15, -0.1) is 0 Å². The molecule has 1 atom stereocenters. The topological polar surface area (TPSA) is 51.9 Å². The minimum Gasteiger partial charge on any atom is -0.493 e. The van der Waals surface area contributed by atoms with E-state index in [1.165, 1.54) is 0 Å². The van der Waals surface area contributed by atoms with Crippen molar-refractivity contribution in [2.45, 2.75) is 53.6 Å². The third kappa shape index (κ3) is 6.63. The van der Waals surface area contributed by atoms with Gasteiger partial charge in [0.15, 0.2) is 11.5 Å². The second-order valence-electron chi connectivity index (χ2n) is 8.59. The molecule has 2 rings (SSSR count). The van der Waals surface area contributed by atoms with E-state index in [1.54, 1.807) is 20.5 Å². The first-order chi connectivity index (χ1) is 13.2. The molecule has 1 amide bonds. The van der Waals surface area contributed by atoms with Crippen LogP contribution in [0.25, 0.3) is 0 Å². The first-order valence-electron chi connectivity index (χ1n) is 9.73. The van der Waals surface area contributed by atoms with Gasteiger partial charge in [-0.3, -0.25) is 4.79 Å². The van der Waals surface area contributed by atoms with Crippen molar-refractivity contribution in [3.63, 3.8) is 0 Å². The molecule has 0 fully saturated rings. The van der Waals surface area contributed by atoms with Crippen molar-refractivity contribution < 1.29 is 18.7 Å². The first kappa shape index (κ1) is 21.9. The van der Waals surface area contributed by atoms with Gasteiger partial charge in [-0.05, 0) is 47.6 Å². The zero-order valence-corrected chi connectivity index (χ0v) is 18.0. The maximum atomic E-state index is 13.1. The number of nitrogens with zero attached hydrogens (tertiary/aromatic N) is 1. The van der Waals surface area contributed by atoms with Crippen LogP contribution in [-0.2, 0) is 17.9 Å². The Morgan fingerprint density at radius 1 is 1.11 bits per heavy atom. The van der Waals surface area contributed by atoms with Crippen LogP contribution in [0.3, 0.4) is 0 Å². The number of hydrogen-bond acceptors (Lipinski definition) is 4. The molecular formula is C23H33NO4. The van der Waals surface area contributed by atoms with E-state index < -0.39 is 0 Å². The summed E-state index contributed by atoms with van der Waals surface area (Å²) in [6, 6.07) is 9.48. The van der Waals surface area contributed by atoms with Crippen LogP contribution >= 0.6 is 0 Å². The lowest BCUT2D eigenvalue weighted by Crippen LogP contribution is -2.31. The predicted molar refractivity (Wildman–Crippen MR) is 110 cm³/mol. The number of carbonyl (C=O) groups excluding carboxylic acids is 1. The fourth-order valence-corrected chi connectivity index (χ4v) is 3.57. The molecule has 0 saturated heterocycles. The van der Waals surface area contributed by atoms with Crippen molar-refractivity contribution >= 4 is 5.91 Å². The van der Waals surface area contributed by atoms with Gasteiger partial charge in [0.1, 0.15) is 5.76 Å². The highest BCUT2D eigenvalue weighted by Gasteiger charge is 2.22. The molecule has 0 bridgehead atoms. The quantitative estimate of drug-likeness (QED) is 0.587. The number of methoxy groups -OCH3 is 2. The molecule has 5 heteroatoms. The summed E-state index contributed by atoms with van der Waals surface area (Å²) in [5.41, 5.74) is 1.19. The maximum Gasteiger partial charge on any atom is 0.223 e. The van der Waals surface area contributed by atoms with Crippen molar-refractivity contribution in [1.82, 2.24) is 4.90 Å². The summed E-state index contributed by atoms with van der Waals surface area (Å²) in [5, 5.41) is 0. The molecule has 1 aromatic heterocycles. The lowest BCUT2D eigenvalue weighted by atomic mass is 9.84. The molecular weight excluding hydrogens is 354 g/mol. The molecule has 0 spiro atoms. The summed E-state index contributed by atoms with van der Waals surface area (Å²) >= 11 is 0. The van der Waals surface area contributed by atoms with Gasteiger partial charge < -0.3 is 18.8 Å². The standard InChI is InChI=1S/C23H33NO4/c1-17(14-23(2,3)4)12-22(25)24(16-19-8-7-11-28-19)15-18-9-10-20(26-5)21(13-18)27-6/h7-11,13,17H,12,14-16H2,1-6H3. The molecule has 28 heavy (non-hydrogen) atoms. The van der Waals surface area contributed by atoms with Gasteiger partial charge in [0.25, 0.3) is 0 Å². The van der Waals surface area contributed by atoms with E-state index in [-0.39, 0.29) is 11.3 Å². The third-order valence-electron chi connectivity index (χ3n) is 4.58. The van der Waals surface area contributed by atoms with Gasteiger partial charge in [0, 0.05) is 13.0 Å². The highest BCUT2D eigenvalue weighted by molar-refractivity contribution is 5.76. The molecule has 1 aromatic carbocycles. The van der Waals surface area contributed by atoms with Crippen molar-refractivity contribution in [2.75, 3.05) is 14.2 Å². The summed E-state index contributed by atoms with van der Waals surface area (Å²) in [4.78, 5) is 14.9. The van der Waals surface area contributed by atoms with E-state index in [4.69, 9.17) is 13.9 Å². The fraction of sp³-hybridized carbons (Fsp3) is 0.522. The lowest BCUT2D eigenvalue weighted by Gasteiger charge is -2.27. The van der Waals surface area contributed by atoms with Crippen LogP contribution in [-0.4, -0.2) is 25.0 Å². The van der Waals surface area contributed by atoms with Crippen LogP contribution < -0.4 is 9.47 Å². The number of benzene rings is 1. The van der Waals surface area contributed by atoms with Crippen molar-refractivity contribution in [3.8, 4) is 11.5 Å². The van der Waals surface area contributed by atoms with Gasteiger partial charge in [-0.25, -0.2) is 0 Å². The van der Waals surface area contributed by atoms with E-state index >= 15 is 0 Å². The lowest BCUT2D eigenvalue weighted by molar-refractivity contribution is -0.133. The van der Waals surface area contributed by atoms with E-state index in [2.05, 4.69) is 27.7 Å². The van der Waals surface area contributed by atoms with Crippen molar-refractivity contribution in [1.29, 1.82) is 0 Å². The Morgan fingerprint density at radius 3 is 2.39 bits per heavy atom. The van der Waals surface area contributed by atoms with E-state index in [1.807, 2.05) is 35.2 Å². The zero-order valence-electron chi connectivity index (χ0n) is 18.0. The third-order valence-corrected chi connectivity index (χ3v) is 4.58. The fourth-order valence-electron chi connectivity index (χ4n) is 3.57. The number of carbonyl (C=O) groups is 1. The van der Waals surface area contributed by atoms with Crippen LogP contribution in [0.2, 0.25) is 0 Å². The molecule has 0 aliphatic carbocycles. The Labute approximate surface area is 168 Å². The maximum absolute atomic E-state index is 13.1. The highest BCUT2D eigenvalue weighted by Crippen LogP contribution is 2.29. The molecule has 154 valence electrons. The Kier molecular flexibility index (Phi) is 7.55. The smallest absolute Gasteiger partial charge is 0.223 e. The number of hydrogen-bond donors (Lipinski definition) is 0. The SMILES string of the molecule is COc1ccc(CN(Cc2ccco2)C(=O)CC(C)CC(C)(C)C)cc1OC. The van der Waals surface area contributed by atoms with Crippen molar-refractivity contribution in [2.24, 2.45) is 11.3 Å². The number of furan rings is 1. The molecule has 0 N–H and O–H groups in total. The molecule has 1 heterocycles. The Bertz CT molecular complexity index is 746. The van der Waals surface area contributed by atoms with Gasteiger partial charge in [-0.1, -0.05) is 33.8 Å². The molecule has 5 nitrogen and oxygen atoms in total. The van der Waals surface area contributed by atoms with Gasteiger partial charge in [-0.2, -0.15) is 0 Å².